The lowest BCUT2D eigenvalue weighted by Gasteiger charge is -2.28. The molecule has 2 aliphatic rings. The van der Waals surface area contributed by atoms with Gasteiger partial charge in [0.05, 0.1) is 0 Å². The Balaban J connectivity index is 1.98. The van der Waals surface area contributed by atoms with Crippen LogP contribution < -0.4 is 0 Å². The summed E-state index contributed by atoms with van der Waals surface area (Å²) in [5.74, 6) is 0.748. The first-order valence-corrected chi connectivity index (χ1v) is 5.02. The van der Waals surface area contributed by atoms with Crippen molar-refractivity contribution < 1.29 is 4.79 Å². The van der Waals surface area contributed by atoms with Gasteiger partial charge in [0.15, 0.2) is 0 Å². The van der Waals surface area contributed by atoms with Gasteiger partial charge >= 0.3 is 0 Å². The Hall–Kier alpha value is -0.370. The van der Waals surface area contributed by atoms with Crippen molar-refractivity contribution in [1.29, 1.82) is 0 Å². The molecular weight excluding hydrogens is 150 g/mol. The van der Waals surface area contributed by atoms with E-state index in [9.17, 15) is 4.79 Å². The first kappa shape index (κ1) is 8.24. The Labute approximate surface area is 73.9 Å². The third-order valence-corrected chi connectivity index (χ3v) is 3.34. The molecule has 0 bridgehead atoms. The quantitative estimate of drug-likeness (QED) is 0.589. The summed E-state index contributed by atoms with van der Waals surface area (Å²) in [7, 11) is 0. The number of Topliss-reactive ketones (excluding diaryl/α,β-unsaturated/α-hetero) is 1. The maximum absolute atomic E-state index is 11.2. The lowest BCUT2D eigenvalue weighted by Crippen LogP contribution is -2.34. The number of fused-ring (bicyclic) bond motifs is 1. The van der Waals surface area contributed by atoms with E-state index in [1.54, 1.807) is 6.92 Å². The molecule has 0 amide bonds. The van der Waals surface area contributed by atoms with E-state index >= 15 is 0 Å². The number of piperidine rings is 1. The number of rotatable bonds is 1. The Kier molecular flexibility index (Phi) is 2.18. The minimum absolute atomic E-state index is 0.355. The summed E-state index contributed by atoms with van der Waals surface area (Å²) >= 11 is 0. The molecule has 2 saturated heterocycles. The van der Waals surface area contributed by atoms with Crippen molar-refractivity contribution in [3.05, 3.63) is 0 Å². The molecule has 2 rings (SSSR count). The SMILES string of the molecule is CC(=O)C1CC2CCCCN2C1. The highest BCUT2D eigenvalue weighted by Crippen LogP contribution is 2.30. The molecule has 2 atom stereocenters. The van der Waals surface area contributed by atoms with Crippen LogP contribution in [0.25, 0.3) is 0 Å². The second-order valence-corrected chi connectivity index (χ2v) is 4.19. The van der Waals surface area contributed by atoms with E-state index in [0.29, 0.717) is 11.7 Å². The van der Waals surface area contributed by atoms with E-state index in [2.05, 4.69) is 4.90 Å². The van der Waals surface area contributed by atoms with E-state index in [1.807, 2.05) is 0 Å². The van der Waals surface area contributed by atoms with Gasteiger partial charge in [0, 0.05) is 18.5 Å². The van der Waals surface area contributed by atoms with E-state index in [1.165, 1.54) is 25.8 Å². The minimum Gasteiger partial charge on any atom is -0.300 e. The number of carbonyl (C=O) groups is 1. The predicted octanol–water partition coefficient (Wildman–Crippen LogP) is 1.45. The summed E-state index contributed by atoms with van der Waals surface area (Å²) in [5, 5.41) is 0. The third kappa shape index (κ3) is 1.40. The van der Waals surface area contributed by atoms with Gasteiger partial charge in [0.1, 0.15) is 5.78 Å². The number of carbonyl (C=O) groups excluding carboxylic acids is 1. The van der Waals surface area contributed by atoms with Crippen LogP contribution in [0.5, 0.6) is 0 Å². The number of nitrogens with zero attached hydrogens (tertiary/aromatic N) is 1. The molecule has 0 saturated carbocycles. The Bertz CT molecular complexity index is 176. The zero-order valence-electron chi connectivity index (χ0n) is 7.75. The van der Waals surface area contributed by atoms with Crippen molar-refractivity contribution in [1.82, 2.24) is 4.90 Å². The van der Waals surface area contributed by atoms with E-state index in [0.717, 1.165) is 19.0 Å². The van der Waals surface area contributed by atoms with Gasteiger partial charge < -0.3 is 0 Å². The van der Waals surface area contributed by atoms with Gasteiger partial charge in [-0.25, -0.2) is 0 Å². The first-order valence-electron chi connectivity index (χ1n) is 5.02. The molecule has 2 nitrogen and oxygen atoms in total. The van der Waals surface area contributed by atoms with Crippen molar-refractivity contribution >= 4 is 5.78 Å². The second kappa shape index (κ2) is 3.17. The summed E-state index contributed by atoms with van der Waals surface area (Å²) in [4.78, 5) is 13.7. The smallest absolute Gasteiger partial charge is 0.134 e. The zero-order chi connectivity index (χ0) is 8.55. The predicted molar refractivity (Wildman–Crippen MR) is 48.0 cm³/mol. The lowest BCUT2D eigenvalue weighted by molar-refractivity contribution is -0.120. The van der Waals surface area contributed by atoms with Crippen LogP contribution in [0.15, 0.2) is 0 Å². The maximum atomic E-state index is 11.2. The van der Waals surface area contributed by atoms with Crippen molar-refractivity contribution in [3.63, 3.8) is 0 Å². The Morgan fingerprint density at radius 1 is 1.42 bits per heavy atom. The normalized spacial score (nSPS) is 36.4. The fraction of sp³-hybridized carbons (Fsp3) is 0.900. The average Bonchev–Trinajstić information content (AvgIpc) is 2.46. The number of hydrogen-bond donors (Lipinski definition) is 0. The van der Waals surface area contributed by atoms with Crippen molar-refractivity contribution in [2.24, 2.45) is 5.92 Å². The second-order valence-electron chi connectivity index (χ2n) is 4.19. The van der Waals surface area contributed by atoms with Crippen LogP contribution in [0.4, 0.5) is 0 Å². The molecule has 2 heteroatoms. The fourth-order valence-corrected chi connectivity index (χ4v) is 2.55. The maximum Gasteiger partial charge on any atom is 0.134 e. The molecule has 0 radical (unpaired) electrons. The number of ketones is 1. The van der Waals surface area contributed by atoms with Gasteiger partial charge in [-0.05, 0) is 32.7 Å². The van der Waals surface area contributed by atoms with Crippen molar-refractivity contribution in [3.8, 4) is 0 Å². The van der Waals surface area contributed by atoms with Crippen molar-refractivity contribution in [2.45, 2.75) is 38.6 Å². The van der Waals surface area contributed by atoms with Gasteiger partial charge in [-0.1, -0.05) is 6.42 Å². The van der Waals surface area contributed by atoms with Crippen LogP contribution in [0.3, 0.4) is 0 Å². The van der Waals surface area contributed by atoms with Crippen LogP contribution in [-0.4, -0.2) is 29.8 Å². The molecular formula is C10H17NO. The summed E-state index contributed by atoms with van der Waals surface area (Å²) in [6.45, 7) is 4.01. The number of hydrogen-bond acceptors (Lipinski definition) is 2. The molecule has 0 aromatic heterocycles. The third-order valence-electron chi connectivity index (χ3n) is 3.34. The Morgan fingerprint density at radius 3 is 2.92 bits per heavy atom. The summed E-state index contributed by atoms with van der Waals surface area (Å²) in [5.41, 5.74) is 0. The van der Waals surface area contributed by atoms with E-state index in [-0.39, 0.29) is 0 Å². The molecule has 2 fully saturated rings. The van der Waals surface area contributed by atoms with Crippen LogP contribution in [-0.2, 0) is 4.79 Å². The lowest BCUT2D eigenvalue weighted by atomic mass is 9.98. The molecule has 0 spiro atoms. The fourth-order valence-electron chi connectivity index (χ4n) is 2.55. The molecule has 2 unspecified atom stereocenters. The molecule has 0 aromatic rings. The molecule has 12 heavy (non-hydrogen) atoms. The molecule has 0 N–H and O–H groups in total. The van der Waals surface area contributed by atoms with Gasteiger partial charge in [0.2, 0.25) is 0 Å². The summed E-state index contributed by atoms with van der Waals surface area (Å²) in [6.07, 6.45) is 5.16. The van der Waals surface area contributed by atoms with E-state index in [4.69, 9.17) is 0 Å². The molecule has 0 aliphatic carbocycles. The first-order chi connectivity index (χ1) is 5.77. The van der Waals surface area contributed by atoms with Gasteiger partial charge in [-0.3, -0.25) is 9.69 Å². The zero-order valence-corrected chi connectivity index (χ0v) is 7.75. The molecule has 2 aliphatic heterocycles. The highest BCUT2D eigenvalue weighted by molar-refractivity contribution is 5.78. The highest BCUT2D eigenvalue weighted by atomic mass is 16.1. The van der Waals surface area contributed by atoms with E-state index < -0.39 is 0 Å². The van der Waals surface area contributed by atoms with Crippen LogP contribution in [0, 0.1) is 5.92 Å². The standard InChI is InChI=1S/C10H17NO/c1-8(12)9-6-10-4-2-3-5-11(10)7-9/h9-10H,2-7H2,1H3. The van der Waals surface area contributed by atoms with Gasteiger partial charge in [0.25, 0.3) is 0 Å². The van der Waals surface area contributed by atoms with Crippen molar-refractivity contribution in [2.75, 3.05) is 13.1 Å². The topological polar surface area (TPSA) is 20.3 Å². The monoisotopic (exact) mass is 167 g/mol. The highest BCUT2D eigenvalue weighted by Gasteiger charge is 2.35. The molecule has 68 valence electrons. The Morgan fingerprint density at radius 2 is 2.25 bits per heavy atom. The van der Waals surface area contributed by atoms with Crippen LogP contribution >= 0.6 is 0 Å². The molecule has 2 heterocycles. The summed E-state index contributed by atoms with van der Waals surface area (Å²) in [6, 6.07) is 0.743. The largest absolute Gasteiger partial charge is 0.300 e. The van der Waals surface area contributed by atoms with Gasteiger partial charge in [-0.2, -0.15) is 0 Å². The molecule has 0 aromatic carbocycles. The van der Waals surface area contributed by atoms with Crippen LogP contribution in [0.1, 0.15) is 32.6 Å². The van der Waals surface area contributed by atoms with Gasteiger partial charge in [-0.15, -0.1) is 0 Å². The minimum atomic E-state index is 0.355. The van der Waals surface area contributed by atoms with Crippen LogP contribution in [0.2, 0.25) is 0 Å². The average molecular weight is 167 g/mol. The summed E-state index contributed by atoms with van der Waals surface area (Å²) < 4.78 is 0.